The fourth-order valence-corrected chi connectivity index (χ4v) is 2.72. The number of Topliss-reactive ketones (excluding diaryl/α,β-unsaturated/α-hetero) is 1. The average Bonchev–Trinajstić information content (AvgIpc) is 2.61. The van der Waals surface area contributed by atoms with Crippen LogP contribution in [0.25, 0.3) is 0 Å². The van der Waals surface area contributed by atoms with E-state index in [0.717, 1.165) is 31.9 Å². The summed E-state index contributed by atoms with van der Waals surface area (Å²) in [4.78, 5) is 38.8. The third kappa shape index (κ3) is 4.32. The first-order valence-electron chi connectivity index (χ1n) is 8.05. The standard InChI is InChI=1S/C17H24N4O3/c1-12(16(23)19-17(24)18-3)20-8-10-21(11-9-20)15-6-4-14(5-7-15)13(2)22/h4-7,12H,8-11H2,1-3H3,(H2,18,19,23,24)/t12-/m0/s1. The molecule has 0 saturated carbocycles. The largest absolute Gasteiger partial charge is 0.369 e. The van der Waals surface area contributed by atoms with E-state index in [1.165, 1.54) is 7.05 Å². The van der Waals surface area contributed by atoms with Crippen molar-refractivity contribution in [2.75, 3.05) is 38.1 Å². The van der Waals surface area contributed by atoms with Crippen molar-refractivity contribution in [2.45, 2.75) is 19.9 Å². The predicted octanol–water partition coefficient (Wildman–Crippen LogP) is 0.855. The molecule has 1 aliphatic heterocycles. The molecule has 3 amide bonds. The number of carbonyl (C=O) groups excluding carboxylic acids is 3. The van der Waals surface area contributed by atoms with E-state index in [-0.39, 0.29) is 17.7 Å². The van der Waals surface area contributed by atoms with Crippen LogP contribution in [0.15, 0.2) is 24.3 Å². The van der Waals surface area contributed by atoms with Gasteiger partial charge in [-0.05, 0) is 38.1 Å². The summed E-state index contributed by atoms with van der Waals surface area (Å²) in [6, 6.07) is 6.73. The van der Waals surface area contributed by atoms with Gasteiger partial charge in [0.05, 0.1) is 6.04 Å². The number of urea groups is 1. The molecular weight excluding hydrogens is 308 g/mol. The zero-order valence-electron chi connectivity index (χ0n) is 14.3. The van der Waals surface area contributed by atoms with Gasteiger partial charge < -0.3 is 10.2 Å². The molecule has 1 aromatic rings. The monoisotopic (exact) mass is 332 g/mol. The van der Waals surface area contributed by atoms with Crippen LogP contribution in [-0.4, -0.2) is 61.9 Å². The first-order chi connectivity index (χ1) is 11.4. The Morgan fingerprint density at radius 1 is 1.04 bits per heavy atom. The maximum atomic E-state index is 12.0. The van der Waals surface area contributed by atoms with Gasteiger partial charge >= 0.3 is 6.03 Å². The number of imide groups is 1. The molecule has 1 saturated heterocycles. The molecule has 0 radical (unpaired) electrons. The van der Waals surface area contributed by atoms with Crippen LogP contribution in [-0.2, 0) is 4.79 Å². The van der Waals surface area contributed by atoms with Crippen molar-refractivity contribution in [1.29, 1.82) is 0 Å². The quantitative estimate of drug-likeness (QED) is 0.799. The fraction of sp³-hybridized carbons (Fsp3) is 0.471. The third-order valence-corrected chi connectivity index (χ3v) is 4.34. The van der Waals surface area contributed by atoms with Crippen LogP contribution in [0, 0.1) is 0 Å². The van der Waals surface area contributed by atoms with Crippen molar-refractivity contribution in [3.8, 4) is 0 Å². The number of benzene rings is 1. The summed E-state index contributed by atoms with van der Waals surface area (Å²) < 4.78 is 0. The minimum Gasteiger partial charge on any atom is -0.369 e. The predicted molar refractivity (Wildman–Crippen MR) is 92.3 cm³/mol. The molecule has 1 heterocycles. The molecule has 1 atom stereocenters. The number of hydrogen-bond acceptors (Lipinski definition) is 5. The second kappa shape index (κ2) is 7.92. The van der Waals surface area contributed by atoms with Crippen LogP contribution in [0.2, 0.25) is 0 Å². The molecule has 1 aromatic carbocycles. The van der Waals surface area contributed by atoms with Gasteiger partial charge in [-0.25, -0.2) is 4.79 Å². The number of hydrogen-bond donors (Lipinski definition) is 2. The summed E-state index contributed by atoms with van der Waals surface area (Å²) in [5, 5.41) is 4.68. The second-order valence-corrected chi connectivity index (χ2v) is 5.87. The van der Waals surface area contributed by atoms with E-state index < -0.39 is 6.03 Å². The van der Waals surface area contributed by atoms with E-state index >= 15 is 0 Å². The Labute approximate surface area is 142 Å². The summed E-state index contributed by atoms with van der Waals surface area (Å²) in [5.74, 6) is -0.240. The van der Waals surface area contributed by atoms with Crippen LogP contribution < -0.4 is 15.5 Å². The lowest BCUT2D eigenvalue weighted by Gasteiger charge is -2.38. The minimum absolute atomic E-state index is 0.0577. The van der Waals surface area contributed by atoms with Crippen molar-refractivity contribution >= 4 is 23.4 Å². The van der Waals surface area contributed by atoms with Gasteiger partial charge in [0, 0.05) is 44.5 Å². The highest BCUT2D eigenvalue weighted by atomic mass is 16.2. The molecular formula is C17H24N4O3. The first kappa shape index (κ1) is 17.9. The zero-order valence-corrected chi connectivity index (χ0v) is 14.3. The van der Waals surface area contributed by atoms with E-state index in [4.69, 9.17) is 0 Å². The number of carbonyl (C=O) groups is 3. The normalized spacial score (nSPS) is 16.4. The molecule has 7 heteroatoms. The van der Waals surface area contributed by atoms with Gasteiger partial charge in [0.2, 0.25) is 5.91 Å². The van der Waals surface area contributed by atoms with Crippen LogP contribution in [0.3, 0.4) is 0 Å². The molecule has 1 aliphatic rings. The molecule has 130 valence electrons. The zero-order chi connectivity index (χ0) is 17.7. The van der Waals surface area contributed by atoms with Gasteiger partial charge in [0.15, 0.2) is 5.78 Å². The fourth-order valence-electron chi connectivity index (χ4n) is 2.72. The van der Waals surface area contributed by atoms with E-state index in [1.807, 2.05) is 24.3 Å². The average molecular weight is 332 g/mol. The lowest BCUT2D eigenvalue weighted by Crippen LogP contribution is -2.55. The molecule has 0 aromatic heterocycles. The minimum atomic E-state index is -0.490. The van der Waals surface area contributed by atoms with Gasteiger partial charge in [0.1, 0.15) is 0 Å². The Morgan fingerprint density at radius 2 is 1.62 bits per heavy atom. The van der Waals surface area contributed by atoms with Gasteiger partial charge in [-0.3, -0.25) is 19.8 Å². The van der Waals surface area contributed by atoms with E-state index in [2.05, 4.69) is 20.4 Å². The molecule has 24 heavy (non-hydrogen) atoms. The Balaban J connectivity index is 1.89. The number of amides is 3. The maximum absolute atomic E-state index is 12.0. The van der Waals surface area contributed by atoms with Crippen molar-refractivity contribution < 1.29 is 14.4 Å². The summed E-state index contributed by atoms with van der Waals surface area (Å²) in [6.45, 7) is 6.40. The highest BCUT2D eigenvalue weighted by molar-refractivity contribution is 5.96. The molecule has 7 nitrogen and oxygen atoms in total. The summed E-state index contributed by atoms with van der Waals surface area (Å²) in [6.07, 6.45) is 0. The van der Waals surface area contributed by atoms with E-state index in [0.29, 0.717) is 5.56 Å². The van der Waals surface area contributed by atoms with Crippen molar-refractivity contribution in [3.63, 3.8) is 0 Å². The smallest absolute Gasteiger partial charge is 0.321 e. The summed E-state index contributed by atoms with van der Waals surface area (Å²) >= 11 is 0. The Kier molecular flexibility index (Phi) is 5.92. The van der Waals surface area contributed by atoms with Crippen molar-refractivity contribution in [2.24, 2.45) is 0 Å². The Hall–Kier alpha value is -2.41. The van der Waals surface area contributed by atoms with Gasteiger partial charge in [-0.1, -0.05) is 0 Å². The van der Waals surface area contributed by atoms with Gasteiger partial charge in [0.25, 0.3) is 0 Å². The SMILES string of the molecule is CNC(=O)NC(=O)[C@H](C)N1CCN(c2ccc(C(C)=O)cc2)CC1. The lowest BCUT2D eigenvalue weighted by atomic mass is 10.1. The first-order valence-corrected chi connectivity index (χ1v) is 8.05. The number of anilines is 1. The second-order valence-electron chi connectivity index (χ2n) is 5.87. The Morgan fingerprint density at radius 3 is 2.12 bits per heavy atom. The summed E-state index contributed by atoms with van der Waals surface area (Å²) in [7, 11) is 1.48. The number of piperazine rings is 1. The number of rotatable bonds is 4. The van der Waals surface area contributed by atoms with Crippen LogP contribution >= 0.6 is 0 Å². The molecule has 1 fully saturated rings. The number of nitrogens with zero attached hydrogens (tertiary/aromatic N) is 2. The Bertz CT molecular complexity index is 607. The molecule has 0 aliphatic carbocycles. The van der Waals surface area contributed by atoms with Crippen LogP contribution in [0.5, 0.6) is 0 Å². The highest BCUT2D eigenvalue weighted by Crippen LogP contribution is 2.18. The molecule has 0 bridgehead atoms. The molecule has 2 N–H and O–H groups in total. The molecule has 0 unspecified atom stereocenters. The van der Waals surface area contributed by atoms with Crippen LogP contribution in [0.1, 0.15) is 24.2 Å². The summed E-state index contributed by atoms with van der Waals surface area (Å²) in [5.41, 5.74) is 1.78. The molecule has 2 rings (SSSR count). The lowest BCUT2D eigenvalue weighted by molar-refractivity contribution is -0.124. The van der Waals surface area contributed by atoms with Crippen molar-refractivity contribution in [1.82, 2.24) is 15.5 Å². The maximum Gasteiger partial charge on any atom is 0.321 e. The van der Waals surface area contributed by atoms with Gasteiger partial charge in [-0.15, -0.1) is 0 Å². The number of ketones is 1. The van der Waals surface area contributed by atoms with Crippen LogP contribution in [0.4, 0.5) is 10.5 Å². The van der Waals surface area contributed by atoms with Crippen molar-refractivity contribution in [3.05, 3.63) is 29.8 Å². The van der Waals surface area contributed by atoms with Gasteiger partial charge in [-0.2, -0.15) is 0 Å². The molecule has 0 spiro atoms. The highest BCUT2D eigenvalue weighted by Gasteiger charge is 2.26. The van der Waals surface area contributed by atoms with E-state index in [9.17, 15) is 14.4 Å². The third-order valence-electron chi connectivity index (χ3n) is 4.34. The number of nitrogens with one attached hydrogen (secondary N) is 2. The topological polar surface area (TPSA) is 81.8 Å². The van der Waals surface area contributed by atoms with E-state index in [1.54, 1.807) is 13.8 Å².